The van der Waals surface area contributed by atoms with Crippen LogP contribution in [-0.2, 0) is 0 Å². The number of hydrogen-bond acceptors (Lipinski definition) is 4. The smallest absolute Gasteiger partial charge is 0.123 e. The number of thioether (sulfide) groups is 1. The van der Waals surface area contributed by atoms with Crippen LogP contribution in [0.15, 0.2) is 17.5 Å². The second-order valence-corrected chi connectivity index (χ2v) is 7.29. The third-order valence-electron chi connectivity index (χ3n) is 3.55. The van der Waals surface area contributed by atoms with E-state index in [1.54, 1.807) is 35.2 Å². The van der Waals surface area contributed by atoms with Crippen molar-refractivity contribution < 1.29 is 4.39 Å². The lowest BCUT2D eigenvalue weighted by Gasteiger charge is -2.25. The van der Waals surface area contributed by atoms with Crippen molar-refractivity contribution in [2.45, 2.75) is 27.7 Å². The van der Waals surface area contributed by atoms with Crippen LogP contribution in [0.4, 0.5) is 10.1 Å². The molecule has 0 aliphatic carbocycles. The fraction of sp³-hybridized carbons (Fsp3) is 0.312. The lowest BCUT2D eigenvalue weighted by molar-refractivity contribution is 0.625. The van der Waals surface area contributed by atoms with Crippen LogP contribution in [0.25, 0.3) is 5.70 Å². The van der Waals surface area contributed by atoms with E-state index in [1.807, 2.05) is 27.7 Å². The van der Waals surface area contributed by atoms with Gasteiger partial charge in [-0.05, 0) is 56.4 Å². The van der Waals surface area contributed by atoms with E-state index in [0.717, 1.165) is 33.4 Å². The SMILES string of the molecule is Cc1nc(C)c(C2=CSCN2c2c(C)cc(F)cc2C)s1. The van der Waals surface area contributed by atoms with Crippen molar-refractivity contribution in [3.63, 3.8) is 0 Å². The lowest BCUT2D eigenvalue weighted by Crippen LogP contribution is -2.19. The molecule has 1 aliphatic heterocycles. The third kappa shape index (κ3) is 2.60. The summed E-state index contributed by atoms with van der Waals surface area (Å²) in [6, 6.07) is 3.21. The Balaban J connectivity index is 2.08. The third-order valence-corrected chi connectivity index (χ3v) is 5.44. The molecule has 0 spiro atoms. The summed E-state index contributed by atoms with van der Waals surface area (Å²) in [5, 5.41) is 3.26. The zero-order valence-corrected chi connectivity index (χ0v) is 14.2. The molecular weight excluding hydrogens is 303 g/mol. The van der Waals surface area contributed by atoms with Crippen molar-refractivity contribution in [3.05, 3.63) is 50.1 Å². The molecule has 0 saturated carbocycles. The summed E-state index contributed by atoms with van der Waals surface area (Å²) in [4.78, 5) is 8.01. The number of benzene rings is 1. The minimum Gasteiger partial charge on any atom is -0.329 e. The molecular formula is C16H17FN2S2. The van der Waals surface area contributed by atoms with Crippen LogP contribution in [-0.4, -0.2) is 10.9 Å². The molecule has 110 valence electrons. The fourth-order valence-electron chi connectivity index (χ4n) is 2.78. The van der Waals surface area contributed by atoms with Crippen LogP contribution in [0.3, 0.4) is 0 Å². The largest absolute Gasteiger partial charge is 0.329 e. The van der Waals surface area contributed by atoms with E-state index in [1.165, 1.54) is 10.6 Å². The molecule has 0 saturated heterocycles. The highest BCUT2D eigenvalue weighted by atomic mass is 32.2. The molecule has 0 unspecified atom stereocenters. The van der Waals surface area contributed by atoms with Crippen LogP contribution < -0.4 is 4.90 Å². The van der Waals surface area contributed by atoms with Gasteiger partial charge in [-0.2, -0.15) is 0 Å². The zero-order valence-electron chi connectivity index (χ0n) is 12.5. The molecule has 0 bridgehead atoms. The van der Waals surface area contributed by atoms with Gasteiger partial charge in [-0.25, -0.2) is 9.37 Å². The van der Waals surface area contributed by atoms with Crippen molar-refractivity contribution in [2.75, 3.05) is 10.8 Å². The van der Waals surface area contributed by atoms with Crippen molar-refractivity contribution in [2.24, 2.45) is 0 Å². The summed E-state index contributed by atoms with van der Waals surface area (Å²) in [5.74, 6) is 0.690. The summed E-state index contributed by atoms with van der Waals surface area (Å²) < 4.78 is 13.5. The first kappa shape index (κ1) is 14.6. The highest BCUT2D eigenvalue weighted by Gasteiger charge is 2.25. The van der Waals surface area contributed by atoms with Crippen molar-refractivity contribution in [1.29, 1.82) is 0 Å². The molecule has 2 nitrogen and oxygen atoms in total. The number of thiazole rings is 1. The van der Waals surface area contributed by atoms with E-state index in [4.69, 9.17) is 0 Å². The normalized spacial score (nSPS) is 14.7. The van der Waals surface area contributed by atoms with E-state index in [9.17, 15) is 4.39 Å². The Hall–Kier alpha value is -1.33. The quantitative estimate of drug-likeness (QED) is 0.772. The Bertz CT molecular complexity index is 711. The van der Waals surface area contributed by atoms with Crippen LogP contribution in [0, 0.1) is 33.5 Å². The Morgan fingerprint density at radius 3 is 2.38 bits per heavy atom. The van der Waals surface area contributed by atoms with Gasteiger partial charge in [0.15, 0.2) is 0 Å². The number of aryl methyl sites for hydroxylation is 4. The van der Waals surface area contributed by atoms with Gasteiger partial charge in [0.1, 0.15) is 5.82 Å². The van der Waals surface area contributed by atoms with Gasteiger partial charge in [0, 0.05) is 5.69 Å². The van der Waals surface area contributed by atoms with Crippen LogP contribution in [0.5, 0.6) is 0 Å². The molecule has 0 radical (unpaired) electrons. The van der Waals surface area contributed by atoms with E-state index in [0.29, 0.717) is 0 Å². The van der Waals surface area contributed by atoms with E-state index >= 15 is 0 Å². The molecule has 2 aromatic rings. The monoisotopic (exact) mass is 320 g/mol. The average Bonchev–Trinajstić information content (AvgIpc) is 2.94. The number of hydrogen-bond donors (Lipinski definition) is 0. The van der Waals surface area contributed by atoms with Crippen LogP contribution in [0.1, 0.15) is 26.7 Å². The van der Waals surface area contributed by atoms with Crippen molar-refractivity contribution in [3.8, 4) is 0 Å². The van der Waals surface area contributed by atoms with Crippen LogP contribution in [0.2, 0.25) is 0 Å². The average molecular weight is 320 g/mol. The molecule has 1 aromatic heterocycles. The first-order chi connectivity index (χ1) is 9.97. The molecule has 2 heterocycles. The highest BCUT2D eigenvalue weighted by molar-refractivity contribution is 8.02. The van der Waals surface area contributed by atoms with Crippen LogP contribution >= 0.6 is 23.1 Å². The van der Waals surface area contributed by atoms with Gasteiger partial charge in [0.25, 0.3) is 0 Å². The Morgan fingerprint density at radius 1 is 1.14 bits per heavy atom. The number of anilines is 1. The highest BCUT2D eigenvalue weighted by Crippen LogP contribution is 2.41. The van der Waals surface area contributed by atoms with Gasteiger partial charge in [-0.3, -0.25) is 0 Å². The molecule has 21 heavy (non-hydrogen) atoms. The van der Waals surface area contributed by atoms with Gasteiger partial charge >= 0.3 is 0 Å². The fourth-order valence-corrected chi connectivity index (χ4v) is 4.70. The van der Waals surface area contributed by atoms with E-state index in [-0.39, 0.29) is 5.82 Å². The number of aromatic nitrogens is 1. The second-order valence-electron chi connectivity index (χ2n) is 5.26. The second kappa shape index (κ2) is 5.46. The van der Waals surface area contributed by atoms with E-state index in [2.05, 4.69) is 15.3 Å². The first-order valence-electron chi connectivity index (χ1n) is 6.78. The minimum atomic E-state index is -0.170. The standard InChI is InChI=1S/C16H17FN2S2/c1-9-5-13(17)6-10(2)15(9)19-8-20-7-14(19)16-11(3)18-12(4)21-16/h5-7H,8H2,1-4H3. The zero-order chi connectivity index (χ0) is 15.1. The molecule has 1 aromatic carbocycles. The molecule has 0 atom stereocenters. The maximum atomic E-state index is 13.5. The summed E-state index contributed by atoms with van der Waals surface area (Å²) in [7, 11) is 0. The summed E-state index contributed by atoms with van der Waals surface area (Å²) >= 11 is 3.48. The molecule has 1 aliphatic rings. The van der Waals surface area contributed by atoms with E-state index < -0.39 is 0 Å². The maximum absolute atomic E-state index is 13.5. The van der Waals surface area contributed by atoms with Gasteiger partial charge in [0.05, 0.1) is 27.2 Å². The van der Waals surface area contributed by atoms with Gasteiger partial charge in [-0.1, -0.05) is 0 Å². The minimum absolute atomic E-state index is 0.170. The maximum Gasteiger partial charge on any atom is 0.123 e. The molecule has 0 N–H and O–H groups in total. The topological polar surface area (TPSA) is 16.1 Å². The Labute approximate surface area is 132 Å². The Morgan fingerprint density at radius 2 is 1.81 bits per heavy atom. The Kier molecular flexibility index (Phi) is 3.80. The lowest BCUT2D eigenvalue weighted by atomic mass is 10.1. The van der Waals surface area contributed by atoms with Gasteiger partial charge < -0.3 is 4.90 Å². The first-order valence-corrected chi connectivity index (χ1v) is 8.64. The van der Waals surface area contributed by atoms with Gasteiger partial charge in [0.2, 0.25) is 0 Å². The predicted molar refractivity (Wildman–Crippen MR) is 90.4 cm³/mol. The molecule has 5 heteroatoms. The molecule has 3 rings (SSSR count). The number of nitrogens with zero attached hydrogens (tertiary/aromatic N) is 2. The summed E-state index contributed by atoms with van der Waals surface area (Å²) in [6.07, 6.45) is 0. The number of rotatable bonds is 2. The van der Waals surface area contributed by atoms with Crippen molar-refractivity contribution in [1.82, 2.24) is 4.98 Å². The molecule has 0 fully saturated rings. The number of halogens is 1. The summed E-state index contributed by atoms with van der Waals surface area (Å²) in [6.45, 7) is 8.02. The van der Waals surface area contributed by atoms with Gasteiger partial charge in [-0.15, -0.1) is 23.1 Å². The predicted octanol–water partition coefficient (Wildman–Crippen LogP) is 5.03. The van der Waals surface area contributed by atoms with Crippen molar-refractivity contribution >= 4 is 34.5 Å². The molecule has 0 amide bonds. The summed E-state index contributed by atoms with van der Waals surface area (Å²) in [5.41, 5.74) is 5.30.